The minimum atomic E-state index is -1.92. The van der Waals surface area contributed by atoms with Gasteiger partial charge in [0.25, 0.3) is 0 Å². The van der Waals surface area contributed by atoms with Gasteiger partial charge in [0.15, 0.2) is 5.60 Å². The minimum Gasteiger partial charge on any atom is -0.455 e. The number of rotatable bonds is 3. The first kappa shape index (κ1) is 154. The van der Waals surface area contributed by atoms with Gasteiger partial charge < -0.3 is 34.6 Å². The third kappa shape index (κ3) is 41.0. The molecule has 3 fully saturated rings. The molecule has 1 saturated heterocycles. The van der Waals surface area contributed by atoms with Gasteiger partial charge in [0.2, 0.25) is 0 Å². The zero-order valence-electron chi connectivity index (χ0n) is 37.4. The minimum absolute atomic E-state index is 0. The molecule has 1 aromatic rings. The van der Waals surface area contributed by atoms with Crippen LogP contribution in [0.3, 0.4) is 0 Å². The fourth-order valence-corrected chi connectivity index (χ4v) is 7.64. The molecule has 1 aliphatic heterocycles. The monoisotopic (exact) mass is 2840 g/mol. The molecular weight excluding hydrogens is 2800 g/mol. The number of fused-ring (bicyclic) bond motifs is 5. The Balaban J connectivity index is -0.0000000339. The molecule has 0 spiro atoms. The second-order valence-corrected chi connectivity index (χ2v) is 12.1. The van der Waals surface area contributed by atoms with Crippen LogP contribution in [0.5, 0.6) is 0 Å². The summed E-state index contributed by atoms with van der Waals surface area (Å²) in [5.41, 5.74) is -4.56. The fraction of sp³-hybridized carbons (Fsp3) is 0.621. The third-order valence-electron chi connectivity index (χ3n) is 9.76. The Kier molecular flexibility index (Phi) is 185. The van der Waals surface area contributed by atoms with Gasteiger partial charge in [-0.2, -0.15) is 0 Å². The van der Waals surface area contributed by atoms with Gasteiger partial charge in [-0.05, 0) is 30.7 Å². The Hall–Kier alpha value is 26.4. The number of hydrogen-bond donors (Lipinski definition) is 4. The van der Waals surface area contributed by atoms with Crippen LogP contribution in [0.25, 0.3) is 0 Å². The maximum atomic E-state index is 13.6. The molecule has 2 saturated carbocycles. The van der Waals surface area contributed by atoms with Crippen LogP contribution in [0.1, 0.15) is 57.8 Å². The van der Waals surface area contributed by atoms with Gasteiger partial charge in [-0.15, -0.1) is 5.41 Å². The summed E-state index contributed by atoms with van der Waals surface area (Å²) in [6.07, 6.45) is -4.01. The molecule has 26 radical (unpaired) electrons. The predicted octanol–water partition coefficient (Wildman–Crippen LogP) is 1.65. The second kappa shape index (κ2) is 76.8. The van der Waals surface area contributed by atoms with Gasteiger partial charge in [-0.3, -0.25) is 11.2 Å². The molecular formula is C29H37O9Y26-. The number of esters is 2. The Labute approximate surface area is 1040 Å². The van der Waals surface area contributed by atoms with Crippen LogP contribution in [-0.4, -0.2) is 80.7 Å². The normalized spacial score (nSPS) is 25.8. The van der Waals surface area contributed by atoms with Crippen molar-refractivity contribution in [1.29, 1.82) is 0 Å². The fourth-order valence-electron chi connectivity index (χ4n) is 7.64. The van der Waals surface area contributed by atoms with Crippen molar-refractivity contribution < 1.29 is 895 Å². The molecule has 9 nitrogen and oxygen atoms in total. The standard InChI is InChI=1S/C29H37O9.26Y/c1-15-18(31)13-29(35)24(37-25(34)17-9-7-6-8-10-17)23-27(5,12-19(32)22(15)26(29,3)4)20(33)11-21-28(23,14-36-21)38-16(2)30;;;;;;;;;;;;;;;;;;;;;;;;;;/h6-10,12,18-21,23-24,31-33,35H,11,13-14H2,1-5H3;;;;;;;;;;;;;;;;;;;;;;;;;;/q-1;;;;;;;;;;;;;;;;;;;;;;;;;;/t18-,19?,20-,21+,23-,24-,27+,28-,29+;;;;;;;;;;;;;;;;;;;;;;;;;;/m0........................../s1. The molecule has 2 bridgehead atoms. The quantitative estimate of drug-likeness (QED) is 0.202. The maximum absolute atomic E-state index is 13.6. The number of hydrogen-bond acceptors (Lipinski definition) is 9. The first-order chi connectivity index (χ1) is 17.7. The molecule has 1 aromatic carbocycles. The molecule has 0 amide bonds. The summed E-state index contributed by atoms with van der Waals surface area (Å²) in [6, 6.07) is 8.33. The zero-order chi connectivity index (χ0) is 27.8. The Morgan fingerprint density at radius 1 is 0.672 bits per heavy atom. The molecule has 4 N–H and O–H groups in total. The van der Waals surface area contributed by atoms with E-state index in [1.165, 1.54) is 6.92 Å². The molecule has 4 aliphatic rings. The number of carbonyl (C=O) groups excluding carboxylic acids is 2. The number of carbonyl (C=O) groups is 2. The van der Waals surface area contributed by atoms with Crippen LogP contribution >= 0.6 is 0 Å². The van der Waals surface area contributed by atoms with E-state index >= 15 is 0 Å². The van der Waals surface area contributed by atoms with Gasteiger partial charge in [-0.25, -0.2) is 4.79 Å². The van der Waals surface area contributed by atoms with Gasteiger partial charge >= 0.3 is 11.9 Å². The molecule has 1 unspecified atom stereocenters. The largest absolute Gasteiger partial charge is 0.455 e. The molecule has 1 heterocycles. The van der Waals surface area contributed by atoms with Crippen LogP contribution in [0.2, 0.25) is 0 Å². The van der Waals surface area contributed by atoms with Crippen LogP contribution in [0.4, 0.5) is 0 Å². The summed E-state index contributed by atoms with van der Waals surface area (Å²) in [7, 11) is 0. The first-order valence-electron chi connectivity index (χ1n) is 13.1. The molecule has 35 heteroatoms. The molecule has 286 valence electrons. The van der Waals surface area contributed by atoms with E-state index < -0.39 is 70.4 Å². The Morgan fingerprint density at radius 3 is 1.41 bits per heavy atom. The number of aliphatic hydroxyl groups is 4. The predicted molar refractivity (Wildman–Crippen MR) is 134 cm³/mol. The summed E-state index contributed by atoms with van der Waals surface area (Å²) in [5, 5.41) is 46.8. The van der Waals surface area contributed by atoms with Crippen molar-refractivity contribution in [2.75, 3.05) is 6.61 Å². The smallest absolute Gasteiger partial charge is 0.338 e. The van der Waals surface area contributed by atoms with Crippen LogP contribution in [0.15, 0.2) is 41.5 Å². The van der Waals surface area contributed by atoms with Crippen molar-refractivity contribution in [3.63, 3.8) is 0 Å². The van der Waals surface area contributed by atoms with E-state index in [1.54, 1.807) is 64.4 Å². The van der Waals surface area contributed by atoms with Crippen molar-refractivity contribution in [2.24, 2.45) is 16.7 Å². The topological polar surface area (TPSA) is 143 Å². The summed E-state index contributed by atoms with van der Waals surface area (Å²) >= 11 is 0. The van der Waals surface area contributed by atoms with E-state index in [9.17, 15) is 30.0 Å². The van der Waals surface area contributed by atoms with E-state index in [0.717, 1.165) is 0 Å². The maximum Gasteiger partial charge on any atom is 0.338 e. The van der Waals surface area contributed by atoms with Crippen molar-refractivity contribution in [3.8, 4) is 0 Å². The van der Waals surface area contributed by atoms with E-state index in [2.05, 4.69) is 0 Å². The SMILES string of the molecule is CC(=O)O[C@@]12CO[C@@H]1C[C@H](O)[C@@]1(C)[CH-]C(O)C3=C(C)[C@@H](O)C[C@@](O)([C@@H](OC(=O)c4ccccc4)[C@@H]12)C3(C)C.[Y].[Y].[Y].[Y].[Y].[Y].[Y].[Y].[Y].[Y].[Y].[Y].[Y].[Y].[Y].[Y].[Y].[Y].[Y].[Y].[Y].[Y].[Y].[Y].[Y].[Y]. The summed E-state index contributed by atoms with van der Waals surface area (Å²) in [5.74, 6) is -2.31. The van der Waals surface area contributed by atoms with Crippen molar-refractivity contribution in [2.45, 2.75) is 89.2 Å². The van der Waals surface area contributed by atoms with Crippen LogP contribution < -0.4 is 0 Å². The zero-order valence-corrected chi connectivity index (χ0v) is 111. The average Bonchev–Trinajstić information content (AvgIpc) is 2.83. The summed E-state index contributed by atoms with van der Waals surface area (Å²) < 4.78 is 17.9. The molecule has 9 atom stereocenters. The number of aliphatic hydroxyl groups excluding tert-OH is 3. The Morgan fingerprint density at radius 2 is 1.06 bits per heavy atom. The van der Waals surface area contributed by atoms with Crippen molar-refractivity contribution >= 4 is 11.9 Å². The summed E-state index contributed by atoms with van der Waals surface area (Å²) in [6.45, 7) is 8.15. The van der Waals surface area contributed by atoms with E-state index in [-0.39, 0.29) is 875 Å². The Bertz CT molecular complexity index is 1220. The van der Waals surface area contributed by atoms with Crippen molar-refractivity contribution in [1.82, 2.24) is 0 Å². The van der Waals surface area contributed by atoms with Gasteiger partial charge in [-0.1, -0.05) is 44.5 Å². The molecule has 64 heavy (non-hydrogen) atoms. The van der Waals surface area contributed by atoms with Crippen LogP contribution in [-0.2, 0) is 869 Å². The molecule has 0 aromatic heterocycles. The average molecular weight is 2840 g/mol. The first-order valence-corrected chi connectivity index (χ1v) is 13.1. The molecule has 5 rings (SSSR count). The number of ether oxygens (including phenoxy) is 3. The van der Waals surface area contributed by atoms with Crippen LogP contribution in [0, 0.1) is 23.2 Å². The second-order valence-electron chi connectivity index (χ2n) is 12.1. The molecule has 3 aliphatic carbocycles. The number of benzene rings is 1. The van der Waals surface area contributed by atoms with Gasteiger partial charge in [0, 0.05) is 888 Å². The van der Waals surface area contributed by atoms with Crippen molar-refractivity contribution in [3.05, 3.63) is 53.5 Å². The van der Waals surface area contributed by atoms with Gasteiger partial charge in [0.05, 0.1) is 18.3 Å². The van der Waals surface area contributed by atoms with E-state index in [0.29, 0.717) is 11.1 Å². The van der Waals surface area contributed by atoms with Gasteiger partial charge in [0.1, 0.15) is 17.8 Å². The van der Waals surface area contributed by atoms with E-state index in [4.69, 9.17) is 14.2 Å². The third-order valence-corrected chi connectivity index (χ3v) is 9.76. The summed E-state index contributed by atoms with van der Waals surface area (Å²) in [4.78, 5) is 26.0. The van der Waals surface area contributed by atoms with E-state index in [1.807, 2.05) is 0 Å².